The van der Waals surface area contributed by atoms with Crippen LogP contribution in [0.25, 0.3) is 22.4 Å². The third kappa shape index (κ3) is 2.75. The summed E-state index contributed by atoms with van der Waals surface area (Å²) in [6.07, 6.45) is 1.42. The van der Waals surface area contributed by atoms with Crippen LogP contribution in [0.15, 0.2) is 47.3 Å². The molecule has 2 aromatic carbocycles. The number of benzene rings is 2. The Morgan fingerprint density at radius 2 is 2.04 bits per heavy atom. The van der Waals surface area contributed by atoms with Gasteiger partial charge in [0.25, 0.3) is 5.56 Å². The standard InChI is InChI=1S/C18H11ClFN3O2S/c1-25-14-8-3-2-5-10(14)16-21-18-23(22-16)17(24)15(26-18)9-11-12(19)6-4-7-13(11)20/h2-9H,1H3/b15-9-. The molecule has 0 radical (unpaired) electrons. The molecule has 2 heterocycles. The van der Waals surface area contributed by atoms with Crippen LogP contribution < -0.4 is 14.8 Å². The number of nitrogens with zero attached hydrogens (tertiary/aromatic N) is 3. The first-order chi connectivity index (χ1) is 12.6. The van der Waals surface area contributed by atoms with Gasteiger partial charge in [0.05, 0.1) is 22.2 Å². The van der Waals surface area contributed by atoms with Crippen LogP contribution in [0.2, 0.25) is 5.02 Å². The molecule has 4 rings (SSSR count). The molecule has 0 aliphatic heterocycles. The highest BCUT2D eigenvalue weighted by Crippen LogP contribution is 2.27. The third-order valence-corrected chi connectivity index (χ3v) is 5.09. The van der Waals surface area contributed by atoms with Gasteiger partial charge in [0.2, 0.25) is 4.96 Å². The van der Waals surface area contributed by atoms with E-state index in [4.69, 9.17) is 16.3 Å². The van der Waals surface area contributed by atoms with E-state index in [1.54, 1.807) is 19.2 Å². The molecular formula is C18H11ClFN3O2S. The van der Waals surface area contributed by atoms with Gasteiger partial charge in [-0.3, -0.25) is 4.79 Å². The lowest BCUT2D eigenvalue weighted by Gasteiger charge is -2.03. The topological polar surface area (TPSA) is 56.5 Å². The van der Waals surface area contributed by atoms with Crippen molar-refractivity contribution in [3.8, 4) is 17.1 Å². The Morgan fingerprint density at radius 3 is 2.77 bits per heavy atom. The number of halogens is 2. The smallest absolute Gasteiger partial charge is 0.291 e. The molecule has 0 unspecified atom stereocenters. The second-order valence-electron chi connectivity index (χ2n) is 5.38. The fraction of sp³-hybridized carbons (Fsp3) is 0.0556. The number of ether oxygens (including phenoxy) is 1. The summed E-state index contributed by atoms with van der Waals surface area (Å²) in [7, 11) is 1.56. The molecule has 26 heavy (non-hydrogen) atoms. The Kier molecular flexibility index (Phi) is 4.18. The molecule has 0 atom stereocenters. The lowest BCUT2D eigenvalue weighted by Crippen LogP contribution is -2.23. The van der Waals surface area contributed by atoms with Gasteiger partial charge < -0.3 is 4.74 Å². The average molecular weight is 388 g/mol. The maximum Gasteiger partial charge on any atom is 0.291 e. The minimum absolute atomic E-state index is 0.167. The Bertz CT molecular complexity index is 1210. The van der Waals surface area contributed by atoms with Crippen LogP contribution >= 0.6 is 22.9 Å². The van der Waals surface area contributed by atoms with Gasteiger partial charge in [-0.2, -0.15) is 9.50 Å². The van der Waals surface area contributed by atoms with Crippen LogP contribution in [0.1, 0.15) is 5.56 Å². The van der Waals surface area contributed by atoms with Crippen LogP contribution in [0, 0.1) is 5.82 Å². The van der Waals surface area contributed by atoms with Gasteiger partial charge in [-0.1, -0.05) is 41.1 Å². The number of aromatic nitrogens is 3. The molecule has 0 saturated heterocycles. The second kappa shape index (κ2) is 6.51. The monoisotopic (exact) mass is 387 g/mol. The van der Waals surface area contributed by atoms with Crippen molar-refractivity contribution in [2.45, 2.75) is 0 Å². The molecule has 0 N–H and O–H groups in total. The zero-order valence-electron chi connectivity index (χ0n) is 13.4. The molecule has 0 aliphatic rings. The van der Waals surface area contributed by atoms with Crippen molar-refractivity contribution < 1.29 is 9.13 Å². The fourth-order valence-corrected chi connectivity index (χ4v) is 3.66. The number of para-hydroxylation sites is 1. The van der Waals surface area contributed by atoms with Crippen LogP contribution in [0.4, 0.5) is 4.39 Å². The van der Waals surface area contributed by atoms with Crippen molar-refractivity contribution in [2.24, 2.45) is 0 Å². The molecule has 2 aromatic heterocycles. The van der Waals surface area contributed by atoms with Crippen molar-refractivity contribution in [1.29, 1.82) is 0 Å². The maximum absolute atomic E-state index is 14.0. The first-order valence-corrected chi connectivity index (χ1v) is 8.76. The number of methoxy groups -OCH3 is 1. The summed E-state index contributed by atoms with van der Waals surface area (Å²) in [4.78, 5) is 17.4. The molecule has 0 saturated carbocycles. The van der Waals surface area contributed by atoms with E-state index >= 15 is 0 Å². The molecule has 0 fully saturated rings. The third-order valence-electron chi connectivity index (χ3n) is 3.80. The largest absolute Gasteiger partial charge is 0.496 e. The highest BCUT2D eigenvalue weighted by atomic mass is 35.5. The Labute approximate surface area is 155 Å². The molecule has 5 nitrogen and oxygen atoms in total. The summed E-state index contributed by atoms with van der Waals surface area (Å²) in [5.41, 5.74) is 0.478. The van der Waals surface area contributed by atoms with E-state index in [9.17, 15) is 9.18 Å². The molecule has 0 spiro atoms. The Hall–Kier alpha value is -2.77. The summed E-state index contributed by atoms with van der Waals surface area (Å²) < 4.78 is 20.8. The first kappa shape index (κ1) is 16.7. The predicted octanol–water partition coefficient (Wildman–Crippen LogP) is 3.17. The minimum atomic E-state index is -0.495. The van der Waals surface area contributed by atoms with Crippen LogP contribution in [-0.2, 0) is 0 Å². The van der Waals surface area contributed by atoms with E-state index in [1.165, 1.54) is 22.7 Å². The van der Waals surface area contributed by atoms with Gasteiger partial charge in [-0.15, -0.1) is 5.10 Å². The van der Waals surface area contributed by atoms with Gasteiger partial charge in [0.1, 0.15) is 11.6 Å². The summed E-state index contributed by atoms with van der Waals surface area (Å²) in [6.45, 7) is 0. The molecule has 0 bridgehead atoms. The lowest BCUT2D eigenvalue weighted by atomic mass is 10.2. The molecule has 8 heteroatoms. The van der Waals surface area contributed by atoms with Crippen molar-refractivity contribution in [2.75, 3.05) is 7.11 Å². The molecule has 130 valence electrons. The number of rotatable bonds is 3. The van der Waals surface area contributed by atoms with Crippen molar-refractivity contribution in [1.82, 2.24) is 14.6 Å². The van der Waals surface area contributed by atoms with Crippen molar-refractivity contribution in [3.05, 3.63) is 73.8 Å². The van der Waals surface area contributed by atoms with Crippen molar-refractivity contribution >= 4 is 34.0 Å². The summed E-state index contributed by atoms with van der Waals surface area (Å²) in [5, 5.41) is 4.51. The van der Waals surface area contributed by atoms with E-state index in [-0.39, 0.29) is 16.1 Å². The van der Waals surface area contributed by atoms with Crippen LogP contribution in [0.5, 0.6) is 5.75 Å². The Morgan fingerprint density at radius 1 is 1.23 bits per heavy atom. The van der Waals surface area contributed by atoms with Crippen LogP contribution in [-0.4, -0.2) is 21.7 Å². The zero-order chi connectivity index (χ0) is 18.3. The zero-order valence-corrected chi connectivity index (χ0v) is 15.0. The van der Waals surface area contributed by atoms with E-state index in [2.05, 4.69) is 10.1 Å². The highest BCUT2D eigenvalue weighted by Gasteiger charge is 2.15. The molecule has 0 amide bonds. The maximum atomic E-state index is 14.0. The van der Waals surface area contributed by atoms with E-state index < -0.39 is 5.82 Å². The first-order valence-electron chi connectivity index (χ1n) is 7.57. The van der Waals surface area contributed by atoms with Gasteiger partial charge in [-0.25, -0.2) is 4.39 Å². The van der Waals surface area contributed by atoms with E-state index in [1.807, 2.05) is 18.2 Å². The number of thiazole rings is 1. The molecule has 4 aromatic rings. The Balaban J connectivity index is 1.87. The summed E-state index contributed by atoms with van der Waals surface area (Å²) in [6, 6.07) is 11.7. The van der Waals surface area contributed by atoms with Gasteiger partial charge in [-0.05, 0) is 30.3 Å². The minimum Gasteiger partial charge on any atom is -0.496 e. The van der Waals surface area contributed by atoms with Gasteiger partial charge >= 0.3 is 0 Å². The summed E-state index contributed by atoms with van der Waals surface area (Å²) in [5.74, 6) is 0.509. The van der Waals surface area contributed by atoms with Gasteiger partial charge in [0, 0.05) is 5.56 Å². The molecular weight excluding hydrogens is 377 g/mol. The van der Waals surface area contributed by atoms with Crippen LogP contribution in [0.3, 0.4) is 0 Å². The normalized spacial score (nSPS) is 12.0. The predicted molar refractivity (Wildman–Crippen MR) is 99.3 cm³/mol. The SMILES string of the molecule is COc1ccccc1-c1nc2s/c(=C\c3c(F)cccc3Cl)c(=O)n2n1. The number of hydrogen-bond donors (Lipinski definition) is 0. The second-order valence-corrected chi connectivity index (χ2v) is 6.80. The lowest BCUT2D eigenvalue weighted by molar-refractivity contribution is 0.416. The quantitative estimate of drug-likeness (QED) is 0.542. The summed E-state index contributed by atoms with van der Waals surface area (Å²) >= 11 is 7.14. The fourth-order valence-electron chi connectivity index (χ4n) is 2.56. The highest BCUT2D eigenvalue weighted by molar-refractivity contribution is 7.15. The number of hydrogen-bond acceptors (Lipinski definition) is 5. The molecule has 0 aliphatic carbocycles. The van der Waals surface area contributed by atoms with E-state index in [0.29, 0.717) is 26.6 Å². The van der Waals surface area contributed by atoms with Gasteiger partial charge in [0.15, 0.2) is 5.82 Å². The van der Waals surface area contributed by atoms with E-state index in [0.717, 1.165) is 11.3 Å². The number of fused-ring (bicyclic) bond motifs is 1. The van der Waals surface area contributed by atoms with Crippen molar-refractivity contribution in [3.63, 3.8) is 0 Å². The average Bonchev–Trinajstić information content (AvgIpc) is 3.18.